The summed E-state index contributed by atoms with van der Waals surface area (Å²) in [5.41, 5.74) is 0. The van der Waals surface area contributed by atoms with Crippen molar-refractivity contribution >= 4 is 13.7 Å². The highest BCUT2D eigenvalue weighted by Gasteiger charge is 2.15. The second-order valence-electron chi connectivity index (χ2n) is 2.39. The van der Waals surface area contributed by atoms with E-state index in [1.807, 2.05) is 0 Å². The number of hydrogen-bond donors (Lipinski definition) is 3. The molecular weight excluding hydrogens is 185 g/mol. The zero-order chi connectivity index (χ0) is 9.78. The van der Waals surface area contributed by atoms with Crippen LogP contribution >= 0.6 is 7.82 Å². The lowest BCUT2D eigenvalue weighted by Gasteiger charge is -2.12. The van der Waals surface area contributed by atoms with Gasteiger partial charge in [-0.05, 0) is 6.92 Å². The predicted molar refractivity (Wildman–Crippen MR) is 41.3 cm³/mol. The van der Waals surface area contributed by atoms with Gasteiger partial charge < -0.3 is 15.1 Å². The largest absolute Gasteiger partial charge is 0.469 e. The third-order valence-corrected chi connectivity index (χ3v) is 1.43. The van der Waals surface area contributed by atoms with Crippen LogP contribution in [0.1, 0.15) is 13.8 Å². The van der Waals surface area contributed by atoms with Crippen LogP contribution in [0.3, 0.4) is 0 Å². The van der Waals surface area contributed by atoms with Gasteiger partial charge in [-0.3, -0.25) is 9.32 Å². The quantitative estimate of drug-likeness (QED) is 0.534. The van der Waals surface area contributed by atoms with Gasteiger partial charge >= 0.3 is 7.82 Å². The Hall–Kier alpha value is -0.420. The number of rotatable bonds is 4. The molecule has 0 bridgehead atoms. The van der Waals surface area contributed by atoms with Crippen molar-refractivity contribution in [3.63, 3.8) is 0 Å². The highest BCUT2D eigenvalue weighted by molar-refractivity contribution is 7.46. The summed E-state index contributed by atoms with van der Waals surface area (Å²) in [7, 11) is -4.41. The molecule has 0 unspecified atom stereocenters. The number of amides is 1. The molecule has 0 rings (SSSR count). The lowest BCUT2D eigenvalue weighted by molar-refractivity contribution is -0.119. The highest BCUT2D eigenvalue weighted by Crippen LogP contribution is 2.35. The van der Waals surface area contributed by atoms with Gasteiger partial charge in [0.1, 0.15) is 0 Å². The minimum absolute atomic E-state index is 0.205. The Morgan fingerprint density at radius 1 is 1.67 bits per heavy atom. The van der Waals surface area contributed by atoms with E-state index in [9.17, 15) is 9.36 Å². The molecule has 0 saturated heterocycles. The van der Waals surface area contributed by atoms with Crippen molar-refractivity contribution in [2.24, 2.45) is 0 Å². The zero-order valence-electron chi connectivity index (χ0n) is 6.85. The van der Waals surface area contributed by atoms with E-state index in [1.54, 1.807) is 6.92 Å². The van der Waals surface area contributed by atoms with E-state index in [1.165, 1.54) is 6.92 Å². The SMILES string of the molecule is CC(=O)N[C@@H](C)COP(=O)(O)O. The summed E-state index contributed by atoms with van der Waals surface area (Å²) in [5, 5.41) is 2.41. The first-order valence-corrected chi connectivity index (χ1v) is 4.81. The lowest BCUT2D eigenvalue weighted by atomic mass is 10.4. The van der Waals surface area contributed by atoms with Crippen LogP contribution in [0, 0.1) is 0 Å². The molecule has 7 heteroatoms. The van der Waals surface area contributed by atoms with Gasteiger partial charge in [0.05, 0.1) is 6.61 Å². The molecule has 0 fully saturated rings. The monoisotopic (exact) mass is 197 g/mol. The Labute approximate surface area is 70.2 Å². The lowest BCUT2D eigenvalue weighted by Crippen LogP contribution is -2.33. The van der Waals surface area contributed by atoms with Crippen molar-refractivity contribution in [2.45, 2.75) is 19.9 Å². The summed E-state index contributed by atoms with van der Waals surface area (Å²) in [4.78, 5) is 27.0. The van der Waals surface area contributed by atoms with Crippen LogP contribution in [0.15, 0.2) is 0 Å². The standard InChI is InChI=1S/C5H12NO5P/c1-4(6-5(2)7)3-11-12(8,9)10/h4H,3H2,1-2H3,(H,6,7)(H2,8,9,10)/t4-/m0/s1. The van der Waals surface area contributed by atoms with Gasteiger partial charge in [0.2, 0.25) is 5.91 Å². The summed E-state index contributed by atoms with van der Waals surface area (Å²) >= 11 is 0. The summed E-state index contributed by atoms with van der Waals surface area (Å²) in [6, 6.07) is -0.407. The first-order valence-electron chi connectivity index (χ1n) is 3.28. The van der Waals surface area contributed by atoms with Crippen molar-refractivity contribution in [2.75, 3.05) is 6.61 Å². The van der Waals surface area contributed by atoms with Crippen LogP contribution in [0.2, 0.25) is 0 Å². The molecular formula is C5H12NO5P. The van der Waals surface area contributed by atoms with Crippen LogP contribution in [0.5, 0.6) is 0 Å². The number of carbonyl (C=O) groups excluding carboxylic acids is 1. The Morgan fingerprint density at radius 3 is 2.50 bits per heavy atom. The maximum atomic E-state index is 10.4. The average molecular weight is 197 g/mol. The highest BCUT2D eigenvalue weighted by atomic mass is 31.2. The number of carbonyl (C=O) groups is 1. The maximum absolute atomic E-state index is 10.4. The van der Waals surface area contributed by atoms with E-state index >= 15 is 0 Å². The second kappa shape index (κ2) is 4.57. The van der Waals surface area contributed by atoms with Crippen LogP contribution in [0.25, 0.3) is 0 Å². The van der Waals surface area contributed by atoms with E-state index in [0.717, 1.165) is 0 Å². The summed E-state index contributed by atoms with van der Waals surface area (Å²) < 4.78 is 14.3. The topological polar surface area (TPSA) is 95.9 Å². The van der Waals surface area contributed by atoms with Crippen LogP contribution in [-0.4, -0.2) is 28.3 Å². The van der Waals surface area contributed by atoms with Crippen molar-refractivity contribution in [1.82, 2.24) is 5.32 Å². The zero-order valence-corrected chi connectivity index (χ0v) is 7.75. The van der Waals surface area contributed by atoms with Crippen molar-refractivity contribution in [3.05, 3.63) is 0 Å². The molecule has 12 heavy (non-hydrogen) atoms. The van der Waals surface area contributed by atoms with E-state index in [4.69, 9.17) is 9.79 Å². The number of nitrogens with one attached hydrogen (secondary N) is 1. The third kappa shape index (κ3) is 7.68. The fourth-order valence-electron chi connectivity index (χ4n) is 0.598. The summed E-state index contributed by atoms with van der Waals surface area (Å²) in [6.45, 7) is 2.69. The van der Waals surface area contributed by atoms with Gasteiger partial charge in [0.25, 0.3) is 0 Å². The first-order chi connectivity index (χ1) is 5.31. The molecule has 0 aromatic heterocycles. The van der Waals surface area contributed by atoms with Gasteiger partial charge in [0, 0.05) is 13.0 Å². The molecule has 0 saturated carbocycles. The molecule has 0 heterocycles. The Morgan fingerprint density at radius 2 is 2.17 bits per heavy atom. The molecule has 0 spiro atoms. The summed E-state index contributed by atoms with van der Waals surface area (Å²) in [5.74, 6) is -0.267. The van der Waals surface area contributed by atoms with Crippen molar-refractivity contribution < 1.29 is 23.7 Å². The van der Waals surface area contributed by atoms with Crippen LogP contribution in [0.4, 0.5) is 0 Å². The molecule has 72 valence electrons. The minimum Gasteiger partial charge on any atom is -0.352 e. The third-order valence-electron chi connectivity index (χ3n) is 0.942. The molecule has 0 aromatic rings. The van der Waals surface area contributed by atoms with Gasteiger partial charge in [-0.1, -0.05) is 0 Å². The van der Waals surface area contributed by atoms with Crippen molar-refractivity contribution in [1.29, 1.82) is 0 Å². The van der Waals surface area contributed by atoms with Gasteiger partial charge in [-0.25, -0.2) is 4.57 Å². The smallest absolute Gasteiger partial charge is 0.352 e. The molecule has 0 aliphatic heterocycles. The van der Waals surface area contributed by atoms with Crippen LogP contribution < -0.4 is 5.32 Å². The number of phosphoric acid groups is 1. The Balaban J connectivity index is 3.65. The van der Waals surface area contributed by atoms with Gasteiger partial charge in [0.15, 0.2) is 0 Å². The fraction of sp³-hybridized carbons (Fsp3) is 0.800. The average Bonchev–Trinajstić information content (AvgIpc) is 1.80. The van der Waals surface area contributed by atoms with E-state index < -0.39 is 13.9 Å². The molecule has 1 amide bonds. The normalized spacial score (nSPS) is 14.0. The molecule has 0 aliphatic rings. The molecule has 0 radical (unpaired) electrons. The van der Waals surface area contributed by atoms with Gasteiger partial charge in [-0.15, -0.1) is 0 Å². The van der Waals surface area contributed by atoms with Crippen LogP contribution in [-0.2, 0) is 13.9 Å². The maximum Gasteiger partial charge on any atom is 0.469 e. The van der Waals surface area contributed by atoms with E-state index in [-0.39, 0.29) is 12.5 Å². The second-order valence-corrected chi connectivity index (χ2v) is 3.63. The molecule has 0 aliphatic carbocycles. The van der Waals surface area contributed by atoms with Gasteiger partial charge in [-0.2, -0.15) is 0 Å². The number of phosphoric ester groups is 1. The Bertz CT molecular complexity index is 200. The molecule has 3 N–H and O–H groups in total. The Kier molecular flexibility index (Phi) is 4.41. The molecule has 1 atom stereocenters. The predicted octanol–water partition coefficient (Wildman–Crippen LogP) is -0.380. The van der Waals surface area contributed by atoms with E-state index in [0.29, 0.717) is 0 Å². The fourth-order valence-corrected chi connectivity index (χ4v) is 1.02. The molecule has 0 aromatic carbocycles. The van der Waals surface area contributed by atoms with E-state index in [2.05, 4.69) is 9.84 Å². The number of hydrogen-bond acceptors (Lipinski definition) is 3. The van der Waals surface area contributed by atoms with Crippen molar-refractivity contribution in [3.8, 4) is 0 Å². The minimum atomic E-state index is -4.41. The first kappa shape index (κ1) is 11.6. The summed E-state index contributed by atoms with van der Waals surface area (Å²) in [6.07, 6.45) is 0. The molecule has 6 nitrogen and oxygen atoms in total.